The van der Waals surface area contributed by atoms with Crippen LogP contribution in [-0.4, -0.2) is 21.9 Å². The molecule has 0 aliphatic heterocycles. The van der Waals surface area contributed by atoms with Crippen molar-refractivity contribution in [2.45, 2.75) is 12.7 Å². The Morgan fingerprint density at radius 3 is 2.48 bits per heavy atom. The molecule has 1 N–H and O–H groups in total. The predicted molar refractivity (Wildman–Crippen MR) is 74.9 cm³/mol. The largest absolute Gasteiger partial charge is 0.416 e. The maximum absolute atomic E-state index is 12.6. The predicted octanol–water partition coefficient (Wildman–Crippen LogP) is 2.85. The highest BCUT2D eigenvalue weighted by Gasteiger charge is 2.33. The average molecular weight is 327 g/mol. The number of carbonyl (C=O) groups is 1. The van der Waals surface area contributed by atoms with E-state index in [1.165, 1.54) is 0 Å². The minimum absolute atomic E-state index is 0.186. The first-order valence-corrected chi connectivity index (χ1v) is 6.53. The summed E-state index contributed by atoms with van der Waals surface area (Å²) in [6, 6.07) is 5.41. The fourth-order valence-corrected chi connectivity index (χ4v) is 1.96. The zero-order valence-electron chi connectivity index (χ0n) is 11.7. The Bertz CT molecular complexity index is 712. The normalized spacial score (nSPS) is 11.3. The van der Waals surface area contributed by atoms with Crippen molar-refractivity contribution >= 4 is 11.6 Å². The number of nitro benzene ring substituents is 1. The molecule has 1 heterocycles. The summed E-state index contributed by atoms with van der Waals surface area (Å²) in [4.78, 5) is 21.9. The fraction of sp³-hybridized carbons (Fsp3) is 0.214. The third kappa shape index (κ3) is 4.09. The van der Waals surface area contributed by atoms with E-state index in [0.29, 0.717) is 18.7 Å². The molecule has 0 fully saturated rings. The first-order valence-electron chi connectivity index (χ1n) is 6.53. The van der Waals surface area contributed by atoms with E-state index < -0.39 is 33.8 Å². The van der Waals surface area contributed by atoms with Crippen LogP contribution < -0.4 is 5.32 Å². The molecule has 0 saturated carbocycles. The number of aromatic nitrogens is 1. The van der Waals surface area contributed by atoms with Gasteiger partial charge in [-0.3, -0.25) is 14.9 Å². The van der Waals surface area contributed by atoms with Crippen molar-refractivity contribution in [3.8, 4) is 0 Å². The quantitative estimate of drug-likeness (QED) is 0.677. The van der Waals surface area contributed by atoms with Crippen LogP contribution in [0.2, 0.25) is 0 Å². The van der Waals surface area contributed by atoms with E-state index in [0.717, 1.165) is 6.07 Å². The van der Waals surface area contributed by atoms with Crippen molar-refractivity contribution in [2.75, 3.05) is 6.54 Å². The summed E-state index contributed by atoms with van der Waals surface area (Å²) >= 11 is 0. The molecule has 0 radical (unpaired) electrons. The van der Waals surface area contributed by atoms with E-state index in [4.69, 9.17) is 0 Å². The van der Waals surface area contributed by atoms with Crippen LogP contribution in [0.25, 0.3) is 0 Å². The van der Waals surface area contributed by atoms with Crippen molar-refractivity contribution in [1.82, 2.24) is 9.88 Å². The molecule has 6 nitrogen and oxygen atoms in total. The monoisotopic (exact) mass is 327 g/mol. The zero-order valence-corrected chi connectivity index (χ0v) is 11.7. The summed E-state index contributed by atoms with van der Waals surface area (Å²) < 4.78 is 39.6. The first kappa shape index (κ1) is 16.5. The number of hydrogen-bond acceptors (Lipinski definition) is 3. The number of hydrogen-bond donors (Lipinski definition) is 1. The highest BCUT2D eigenvalue weighted by Crippen LogP contribution is 2.32. The van der Waals surface area contributed by atoms with Gasteiger partial charge in [-0.05, 0) is 24.3 Å². The molecule has 23 heavy (non-hydrogen) atoms. The van der Waals surface area contributed by atoms with Crippen LogP contribution in [0.4, 0.5) is 18.9 Å². The molecular formula is C14H12F3N3O3. The van der Waals surface area contributed by atoms with Crippen LogP contribution in [0.3, 0.4) is 0 Å². The molecule has 2 rings (SSSR count). The van der Waals surface area contributed by atoms with Gasteiger partial charge in [0.1, 0.15) is 5.56 Å². The number of rotatable bonds is 5. The summed E-state index contributed by atoms with van der Waals surface area (Å²) in [7, 11) is 0. The number of alkyl halides is 3. The number of carbonyl (C=O) groups excluding carboxylic acids is 1. The van der Waals surface area contributed by atoms with Gasteiger partial charge in [0.15, 0.2) is 0 Å². The van der Waals surface area contributed by atoms with E-state index in [1.807, 2.05) is 0 Å². The molecule has 0 saturated heterocycles. The summed E-state index contributed by atoms with van der Waals surface area (Å²) in [5, 5.41) is 13.4. The Labute approximate surface area is 128 Å². The Hall–Kier alpha value is -2.84. The Morgan fingerprint density at radius 2 is 1.91 bits per heavy atom. The molecule has 0 aliphatic rings. The number of nitro groups is 1. The first-order chi connectivity index (χ1) is 10.8. The smallest absolute Gasteiger partial charge is 0.353 e. The van der Waals surface area contributed by atoms with Gasteiger partial charge in [0.05, 0.1) is 10.5 Å². The number of nitrogens with zero attached hydrogens (tertiary/aromatic N) is 2. The second kappa shape index (κ2) is 6.51. The van der Waals surface area contributed by atoms with E-state index in [-0.39, 0.29) is 6.54 Å². The van der Waals surface area contributed by atoms with Crippen LogP contribution >= 0.6 is 0 Å². The molecule has 0 atom stereocenters. The average Bonchev–Trinajstić information content (AvgIpc) is 2.98. The minimum atomic E-state index is -4.71. The lowest BCUT2D eigenvalue weighted by Gasteiger charge is -2.09. The molecule has 1 aromatic carbocycles. The third-order valence-electron chi connectivity index (χ3n) is 3.09. The lowest BCUT2D eigenvalue weighted by atomic mass is 10.1. The second-order valence-electron chi connectivity index (χ2n) is 4.66. The SMILES string of the molecule is O=C(NCCn1cccc1)c1ccc(C(F)(F)F)cc1[N+](=O)[O-]. The maximum Gasteiger partial charge on any atom is 0.416 e. The van der Waals surface area contributed by atoms with Gasteiger partial charge in [-0.15, -0.1) is 0 Å². The standard InChI is InChI=1S/C14H12F3N3O3/c15-14(16,17)10-3-4-11(12(9-10)20(22)23)13(21)18-5-8-19-6-1-2-7-19/h1-4,6-7,9H,5,8H2,(H,18,21). The molecule has 1 amide bonds. The van der Waals surface area contributed by atoms with Crippen LogP contribution in [-0.2, 0) is 12.7 Å². The highest BCUT2D eigenvalue weighted by atomic mass is 19.4. The number of amides is 1. The highest BCUT2D eigenvalue weighted by molar-refractivity contribution is 5.98. The number of benzene rings is 1. The molecule has 1 aromatic heterocycles. The van der Waals surface area contributed by atoms with E-state index >= 15 is 0 Å². The van der Waals surface area contributed by atoms with Crippen LogP contribution in [0.15, 0.2) is 42.7 Å². The van der Waals surface area contributed by atoms with Gasteiger partial charge >= 0.3 is 6.18 Å². The van der Waals surface area contributed by atoms with Gasteiger partial charge in [-0.1, -0.05) is 0 Å². The Kier molecular flexibility index (Phi) is 4.68. The molecule has 0 spiro atoms. The lowest BCUT2D eigenvalue weighted by Crippen LogP contribution is -2.27. The van der Waals surface area contributed by atoms with E-state index in [1.54, 1.807) is 29.1 Å². The van der Waals surface area contributed by atoms with Crippen LogP contribution in [0.1, 0.15) is 15.9 Å². The van der Waals surface area contributed by atoms with Crippen molar-refractivity contribution in [1.29, 1.82) is 0 Å². The van der Waals surface area contributed by atoms with E-state index in [9.17, 15) is 28.1 Å². The summed E-state index contributed by atoms with van der Waals surface area (Å²) in [6.07, 6.45) is -1.17. The van der Waals surface area contributed by atoms with Crippen molar-refractivity contribution in [2.24, 2.45) is 0 Å². The van der Waals surface area contributed by atoms with Gasteiger partial charge in [0.25, 0.3) is 11.6 Å². The third-order valence-corrected chi connectivity index (χ3v) is 3.09. The molecule has 122 valence electrons. The fourth-order valence-electron chi connectivity index (χ4n) is 1.96. The van der Waals surface area contributed by atoms with Crippen molar-refractivity contribution in [3.63, 3.8) is 0 Å². The molecule has 0 aliphatic carbocycles. The van der Waals surface area contributed by atoms with Gasteiger partial charge in [0.2, 0.25) is 0 Å². The van der Waals surface area contributed by atoms with Gasteiger partial charge in [0, 0.05) is 31.5 Å². The molecule has 0 bridgehead atoms. The zero-order chi connectivity index (χ0) is 17.0. The molecule has 2 aromatic rings. The maximum atomic E-state index is 12.6. The molecule has 0 unspecified atom stereocenters. The van der Waals surface area contributed by atoms with Crippen molar-refractivity contribution < 1.29 is 22.9 Å². The number of halogens is 3. The van der Waals surface area contributed by atoms with Gasteiger partial charge in [-0.2, -0.15) is 13.2 Å². The summed E-state index contributed by atoms with van der Waals surface area (Å²) in [5.74, 6) is -0.794. The van der Waals surface area contributed by atoms with Gasteiger partial charge in [-0.25, -0.2) is 0 Å². The Balaban J connectivity index is 2.14. The summed E-state index contributed by atoms with van der Waals surface area (Å²) in [5.41, 5.74) is -2.46. The van der Waals surface area contributed by atoms with Crippen LogP contribution in [0.5, 0.6) is 0 Å². The van der Waals surface area contributed by atoms with Crippen LogP contribution in [0, 0.1) is 10.1 Å². The number of nitrogens with one attached hydrogen (secondary N) is 1. The summed E-state index contributed by atoms with van der Waals surface area (Å²) in [6.45, 7) is 0.624. The molecular weight excluding hydrogens is 315 g/mol. The Morgan fingerprint density at radius 1 is 1.26 bits per heavy atom. The van der Waals surface area contributed by atoms with Gasteiger partial charge < -0.3 is 9.88 Å². The van der Waals surface area contributed by atoms with Crippen molar-refractivity contribution in [3.05, 3.63) is 64.0 Å². The topological polar surface area (TPSA) is 77.2 Å². The minimum Gasteiger partial charge on any atom is -0.353 e. The molecule has 9 heteroatoms. The second-order valence-corrected chi connectivity index (χ2v) is 4.66. The lowest BCUT2D eigenvalue weighted by molar-refractivity contribution is -0.385. The van der Waals surface area contributed by atoms with E-state index in [2.05, 4.69) is 5.32 Å².